The fourth-order valence-corrected chi connectivity index (χ4v) is 5.97. The summed E-state index contributed by atoms with van der Waals surface area (Å²) in [6, 6.07) is 10.2. The minimum absolute atomic E-state index is 0.0418. The number of amides is 3. The van der Waals surface area contributed by atoms with Gasteiger partial charge in [0.05, 0.1) is 29.6 Å². The summed E-state index contributed by atoms with van der Waals surface area (Å²) in [7, 11) is 1.99. The molecule has 1 saturated heterocycles. The molecular weight excluding hydrogens is 565 g/mol. The smallest absolute Gasteiger partial charge is 0.416 e. The predicted octanol–water partition coefficient (Wildman–Crippen LogP) is 3.93. The van der Waals surface area contributed by atoms with Crippen molar-refractivity contribution in [3.8, 4) is 17.2 Å². The van der Waals surface area contributed by atoms with Gasteiger partial charge in [-0.05, 0) is 49.0 Å². The average Bonchev–Trinajstić information content (AvgIpc) is 3.49. The highest BCUT2D eigenvalue weighted by molar-refractivity contribution is 5.95. The van der Waals surface area contributed by atoms with Gasteiger partial charge >= 0.3 is 12.2 Å². The molecule has 3 amide bonds. The molecule has 3 aliphatic heterocycles. The van der Waals surface area contributed by atoms with Crippen molar-refractivity contribution in [1.29, 1.82) is 0 Å². The van der Waals surface area contributed by atoms with Crippen LogP contribution in [0.4, 0.5) is 23.8 Å². The second-order valence-electron chi connectivity index (χ2n) is 11.3. The van der Waals surface area contributed by atoms with Gasteiger partial charge in [-0.1, -0.05) is 6.07 Å². The standard InChI is InChI=1S/C30H29F3N6O4/c1-38-8-10-39(11-9-38)15-17-3-2-16(12-21(17)30(31,32)33)28(40)36-25-24-19-13-18(4-5-22(19)43-26(24)25)42-23-6-7-34-27-20(23)14-35-29(41)37-27/h2-7,12-13,24-26H,8-11,14-15H2,1H3,(H,36,40)(H2,34,35,37,41)/t24-,25?,26-/m0/s1. The van der Waals surface area contributed by atoms with Crippen molar-refractivity contribution in [1.82, 2.24) is 25.4 Å². The number of hydrogen-bond donors (Lipinski definition) is 3. The summed E-state index contributed by atoms with van der Waals surface area (Å²) >= 11 is 0. The Morgan fingerprint density at radius 3 is 2.74 bits per heavy atom. The number of benzene rings is 2. The molecule has 3 N–H and O–H groups in total. The quantitative estimate of drug-likeness (QED) is 0.397. The van der Waals surface area contributed by atoms with E-state index in [1.165, 1.54) is 12.1 Å². The lowest BCUT2D eigenvalue weighted by Gasteiger charge is -2.33. The van der Waals surface area contributed by atoms with Crippen LogP contribution in [0.3, 0.4) is 0 Å². The van der Waals surface area contributed by atoms with Gasteiger partial charge < -0.3 is 25.0 Å². The number of nitrogens with one attached hydrogen (secondary N) is 3. The fraction of sp³-hybridized carbons (Fsp3) is 0.367. The minimum atomic E-state index is -4.58. The van der Waals surface area contributed by atoms with E-state index in [0.29, 0.717) is 41.7 Å². The highest BCUT2D eigenvalue weighted by Crippen LogP contribution is 2.54. The van der Waals surface area contributed by atoms with Gasteiger partial charge in [0, 0.05) is 50.0 Å². The van der Waals surface area contributed by atoms with Crippen LogP contribution in [0, 0.1) is 0 Å². The van der Waals surface area contributed by atoms with Gasteiger partial charge in [0.25, 0.3) is 5.91 Å². The first kappa shape index (κ1) is 27.5. The highest BCUT2D eigenvalue weighted by Gasteiger charge is 2.59. The van der Waals surface area contributed by atoms with E-state index >= 15 is 0 Å². The van der Waals surface area contributed by atoms with Crippen LogP contribution >= 0.6 is 0 Å². The summed E-state index contributed by atoms with van der Waals surface area (Å²) in [6.07, 6.45) is -3.34. The summed E-state index contributed by atoms with van der Waals surface area (Å²) in [4.78, 5) is 33.1. The number of halogens is 3. The normalized spacial score (nSPS) is 22.8. The Labute approximate surface area is 245 Å². The molecule has 1 aliphatic carbocycles. The molecule has 4 aliphatic rings. The Morgan fingerprint density at radius 2 is 1.95 bits per heavy atom. The van der Waals surface area contributed by atoms with E-state index in [4.69, 9.17) is 9.47 Å². The Morgan fingerprint density at radius 1 is 1.14 bits per heavy atom. The third-order valence-electron chi connectivity index (χ3n) is 8.42. The highest BCUT2D eigenvalue weighted by atomic mass is 19.4. The van der Waals surface area contributed by atoms with E-state index in [1.807, 2.05) is 18.0 Å². The van der Waals surface area contributed by atoms with Gasteiger partial charge in [-0.15, -0.1) is 0 Å². The van der Waals surface area contributed by atoms with Gasteiger partial charge in [-0.2, -0.15) is 13.2 Å². The van der Waals surface area contributed by atoms with Crippen LogP contribution in [0.1, 0.15) is 38.5 Å². The molecule has 2 aromatic carbocycles. The zero-order valence-corrected chi connectivity index (χ0v) is 23.2. The number of carbonyl (C=O) groups excluding carboxylic acids is 2. The molecule has 1 saturated carbocycles. The van der Waals surface area contributed by atoms with Gasteiger partial charge in [0.15, 0.2) is 0 Å². The number of aromatic nitrogens is 1. The topological polar surface area (TPSA) is 108 Å². The van der Waals surface area contributed by atoms with Crippen molar-refractivity contribution in [2.45, 2.75) is 37.3 Å². The zero-order valence-electron chi connectivity index (χ0n) is 23.2. The van der Waals surface area contributed by atoms with Gasteiger partial charge in [0.2, 0.25) is 0 Å². The molecule has 4 heterocycles. The first-order valence-electron chi connectivity index (χ1n) is 14.1. The Balaban J connectivity index is 1.04. The molecule has 2 fully saturated rings. The number of hydrogen-bond acceptors (Lipinski definition) is 7. The Bertz CT molecular complexity index is 1610. The summed E-state index contributed by atoms with van der Waals surface area (Å²) in [6.45, 7) is 3.42. The van der Waals surface area contributed by atoms with Crippen LogP contribution in [-0.2, 0) is 19.3 Å². The molecule has 3 atom stereocenters. The van der Waals surface area contributed by atoms with Crippen LogP contribution in [0.2, 0.25) is 0 Å². The summed E-state index contributed by atoms with van der Waals surface area (Å²) in [5.41, 5.74) is 0.892. The van der Waals surface area contributed by atoms with E-state index in [1.54, 1.807) is 24.4 Å². The van der Waals surface area contributed by atoms with Crippen molar-refractivity contribution in [3.05, 3.63) is 76.5 Å². The summed E-state index contributed by atoms with van der Waals surface area (Å²) < 4.78 is 54.2. The molecule has 10 nitrogen and oxygen atoms in total. The number of piperazine rings is 1. The molecule has 0 radical (unpaired) electrons. The van der Waals surface area contributed by atoms with Gasteiger partial charge in [-0.25, -0.2) is 9.78 Å². The first-order chi connectivity index (χ1) is 20.6. The molecule has 0 bridgehead atoms. The van der Waals surface area contributed by atoms with E-state index in [-0.39, 0.29) is 48.3 Å². The monoisotopic (exact) mass is 594 g/mol. The third-order valence-corrected chi connectivity index (χ3v) is 8.42. The number of rotatable bonds is 6. The predicted molar refractivity (Wildman–Crippen MR) is 149 cm³/mol. The zero-order chi connectivity index (χ0) is 29.9. The molecule has 0 spiro atoms. The maximum absolute atomic E-state index is 14.0. The fourth-order valence-electron chi connectivity index (χ4n) is 5.97. The number of urea groups is 1. The molecule has 7 rings (SSSR count). The molecule has 43 heavy (non-hydrogen) atoms. The van der Waals surface area contributed by atoms with Crippen LogP contribution in [0.25, 0.3) is 0 Å². The van der Waals surface area contributed by atoms with E-state index < -0.39 is 17.6 Å². The average molecular weight is 595 g/mol. The maximum Gasteiger partial charge on any atom is 0.416 e. The number of ether oxygens (including phenoxy) is 2. The lowest BCUT2D eigenvalue weighted by Crippen LogP contribution is -2.44. The van der Waals surface area contributed by atoms with Gasteiger partial charge in [0.1, 0.15) is 29.2 Å². The maximum atomic E-state index is 14.0. The molecule has 224 valence electrons. The number of alkyl halides is 3. The van der Waals surface area contributed by atoms with Gasteiger partial charge in [-0.3, -0.25) is 15.0 Å². The number of likely N-dealkylation sites (N-methyl/N-ethyl adjacent to an activating group) is 1. The molecular formula is C30H29F3N6O4. The lowest BCUT2D eigenvalue weighted by molar-refractivity contribution is -0.138. The van der Waals surface area contributed by atoms with Crippen molar-refractivity contribution in [3.63, 3.8) is 0 Å². The number of pyridine rings is 1. The molecule has 1 unspecified atom stereocenters. The second-order valence-corrected chi connectivity index (χ2v) is 11.3. The lowest BCUT2D eigenvalue weighted by atomic mass is 10.0. The number of anilines is 1. The first-order valence-corrected chi connectivity index (χ1v) is 14.1. The van der Waals surface area contributed by atoms with E-state index in [9.17, 15) is 22.8 Å². The van der Waals surface area contributed by atoms with Crippen molar-refractivity contribution < 1.29 is 32.2 Å². The van der Waals surface area contributed by atoms with Crippen molar-refractivity contribution in [2.75, 3.05) is 38.5 Å². The molecule has 13 heteroatoms. The van der Waals surface area contributed by atoms with E-state index in [0.717, 1.165) is 24.7 Å². The number of nitrogens with zero attached hydrogens (tertiary/aromatic N) is 3. The van der Waals surface area contributed by atoms with Crippen LogP contribution in [0.15, 0.2) is 48.7 Å². The SMILES string of the molecule is CN1CCN(Cc2ccc(C(=O)NC3[C@H]4Oc5ccc(Oc6ccnc7c6CNC(=O)N7)cc5[C@@H]34)cc2C(F)(F)F)CC1. The largest absolute Gasteiger partial charge is 0.487 e. The van der Waals surface area contributed by atoms with Crippen LogP contribution in [-0.4, -0.2) is 72.1 Å². The molecule has 3 aromatic rings. The Kier molecular flexibility index (Phi) is 6.66. The minimum Gasteiger partial charge on any atom is -0.487 e. The number of carbonyl (C=O) groups is 2. The molecule has 1 aromatic heterocycles. The third kappa shape index (κ3) is 5.34. The van der Waals surface area contributed by atoms with Crippen LogP contribution < -0.4 is 25.4 Å². The van der Waals surface area contributed by atoms with Crippen LogP contribution in [0.5, 0.6) is 17.2 Å². The van der Waals surface area contributed by atoms with Crippen molar-refractivity contribution in [2.24, 2.45) is 0 Å². The summed E-state index contributed by atoms with van der Waals surface area (Å²) in [5.74, 6) is 1.45. The Hall–Kier alpha value is -4.36. The summed E-state index contributed by atoms with van der Waals surface area (Å²) in [5, 5.41) is 8.21. The van der Waals surface area contributed by atoms with E-state index in [2.05, 4.69) is 25.8 Å². The second kappa shape index (κ2) is 10.4. The van der Waals surface area contributed by atoms with Crippen molar-refractivity contribution >= 4 is 17.8 Å². The number of fused-ring (bicyclic) bond motifs is 4.